The molecule has 3 saturated carbocycles. The Morgan fingerprint density at radius 2 is 1.15 bits per heavy atom. The molecule has 0 N–H and O–H groups in total. The van der Waals surface area contributed by atoms with E-state index in [-0.39, 0.29) is 71.0 Å². The zero-order valence-corrected chi connectivity index (χ0v) is 20.0. The largest absolute Gasteiger partial charge is 0.299 e. The molecule has 3 aliphatic carbocycles. The van der Waals surface area contributed by atoms with E-state index in [4.69, 9.17) is 0 Å². The number of carbonyl (C=O) groups is 5. The molecular weight excluding hydrogens is 420 g/mol. The third-order valence-electron chi connectivity index (χ3n) is 9.85. The lowest BCUT2D eigenvalue weighted by Gasteiger charge is -2.36. The molecule has 2 aliphatic heterocycles. The van der Waals surface area contributed by atoms with E-state index in [9.17, 15) is 24.0 Å². The van der Waals surface area contributed by atoms with Gasteiger partial charge in [0.1, 0.15) is 5.78 Å². The van der Waals surface area contributed by atoms with Crippen molar-refractivity contribution in [2.75, 3.05) is 7.05 Å². The lowest BCUT2D eigenvalue weighted by molar-refractivity contribution is -0.144. The molecule has 0 aromatic carbocycles. The number of nitrogens with zero attached hydrogens (tertiary/aromatic N) is 2. The number of imide groups is 2. The molecule has 0 aromatic heterocycles. The molecule has 0 spiro atoms. The first kappa shape index (κ1) is 22.7. The van der Waals surface area contributed by atoms with Gasteiger partial charge < -0.3 is 0 Å². The second-order valence-corrected chi connectivity index (χ2v) is 11.6. The summed E-state index contributed by atoms with van der Waals surface area (Å²) < 4.78 is 0. The molecule has 33 heavy (non-hydrogen) atoms. The van der Waals surface area contributed by atoms with E-state index in [1.807, 2.05) is 0 Å². The number of ketones is 1. The quantitative estimate of drug-likeness (QED) is 0.609. The van der Waals surface area contributed by atoms with Gasteiger partial charge in [0.15, 0.2) is 0 Å². The number of fused-ring (bicyclic) bond motifs is 2. The fraction of sp³-hybridized carbons (Fsp3) is 0.808. The summed E-state index contributed by atoms with van der Waals surface area (Å²) in [5, 5.41) is 0. The SMILES string of the molecule is CC1CCC(N2C(=O)C3CCC(C(=O)C4CCC5C(=O)N(C)C(=O)C5C4)CC3C2=O)CC1C. The maximum absolute atomic E-state index is 13.4. The van der Waals surface area contributed by atoms with Crippen LogP contribution in [0.4, 0.5) is 0 Å². The fourth-order valence-corrected chi connectivity index (χ4v) is 7.51. The van der Waals surface area contributed by atoms with Gasteiger partial charge in [0.05, 0.1) is 23.7 Å². The van der Waals surface area contributed by atoms with Crippen LogP contribution < -0.4 is 0 Å². The molecule has 7 heteroatoms. The molecule has 0 bridgehead atoms. The van der Waals surface area contributed by atoms with Crippen LogP contribution in [-0.2, 0) is 24.0 Å². The molecule has 0 radical (unpaired) electrons. The highest BCUT2D eigenvalue weighted by atomic mass is 16.2. The fourth-order valence-electron chi connectivity index (χ4n) is 7.51. The molecule has 4 amide bonds. The second-order valence-electron chi connectivity index (χ2n) is 11.6. The Hall–Kier alpha value is -2.05. The van der Waals surface area contributed by atoms with Gasteiger partial charge in [-0.15, -0.1) is 0 Å². The van der Waals surface area contributed by atoms with Crippen LogP contribution in [0.15, 0.2) is 0 Å². The van der Waals surface area contributed by atoms with Crippen molar-refractivity contribution in [1.82, 2.24) is 9.80 Å². The van der Waals surface area contributed by atoms with Crippen molar-refractivity contribution in [3.05, 3.63) is 0 Å². The van der Waals surface area contributed by atoms with Gasteiger partial charge in [-0.2, -0.15) is 0 Å². The van der Waals surface area contributed by atoms with Gasteiger partial charge in [-0.3, -0.25) is 33.8 Å². The van der Waals surface area contributed by atoms with Crippen LogP contribution in [0.5, 0.6) is 0 Å². The van der Waals surface area contributed by atoms with Gasteiger partial charge in [0.25, 0.3) is 0 Å². The van der Waals surface area contributed by atoms with Gasteiger partial charge in [0.2, 0.25) is 23.6 Å². The molecule has 180 valence electrons. The standard InChI is InChI=1S/C26H36N2O5/c1-13-4-7-17(10-14(13)2)28-25(32)19-9-6-16(12-21(19)26(28)33)22(29)15-5-8-18-20(11-15)24(31)27(3)23(18)30/h13-21H,4-12H2,1-3H3. The summed E-state index contributed by atoms with van der Waals surface area (Å²) in [4.78, 5) is 67.5. The first-order valence-electron chi connectivity index (χ1n) is 12.9. The highest BCUT2D eigenvalue weighted by Crippen LogP contribution is 2.47. The summed E-state index contributed by atoms with van der Waals surface area (Å²) in [5.41, 5.74) is 0. The topological polar surface area (TPSA) is 91.8 Å². The van der Waals surface area contributed by atoms with E-state index in [0.29, 0.717) is 50.4 Å². The Kier molecular flexibility index (Phi) is 5.73. The summed E-state index contributed by atoms with van der Waals surface area (Å²) in [7, 11) is 1.53. The van der Waals surface area contributed by atoms with Crippen LogP contribution >= 0.6 is 0 Å². The number of carbonyl (C=O) groups excluding carboxylic acids is 5. The van der Waals surface area contributed by atoms with Crippen LogP contribution in [0.1, 0.15) is 71.6 Å². The van der Waals surface area contributed by atoms with E-state index < -0.39 is 0 Å². The molecule has 2 saturated heterocycles. The number of hydrogen-bond acceptors (Lipinski definition) is 5. The number of Topliss-reactive ketones (excluding diaryl/α,β-unsaturated/α-hetero) is 1. The minimum Gasteiger partial charge on any atom is -0.299 e. The molecule has 0 aromatic rings. The molecule has 5 rings (SSSR count). The van der Waals surface area contributed by atoms with Gasteiger partial charge >= 0.3 is 0 Å². The summed E-state index contributed by atoms with van der Waals surface area (Å²) in [6.45, 7) is 4.45. The van der Waals surface area contributed by atoms with Gasteiger partial charge in [0, 0.05) is 24.9 Å². The molecule has 9 unspecified atom stereocenters. The Bertz CT molecular complexity index is 899. The second kappa shape index (κ2) is 8.31. The maximum Gasteiger partial charge on any atom is 0.233 e. The first-order valence-corrected chi connectivity index (χ1v) is 12.9. The minimum atomic E-state index is -0.373. The van der Waals surface area contributed by atoms with Crippen LogP contribution in [0.2, 0.25) is 0 Å². The highest BCUT2D eigenvalue weighted by molar-refractivity contribution is 6.06. The van der Waals surface area contributed by atoms with Crippen molar-refractivity contribution < 1.29 is 24.0 Å². The van der Waals surface area contributed by atoms with E-state index in [0.717, 1.165) is 19.3 Å². The lowest BCUT2D eigenvalue weighted by Crippen LogP contribution is -2.44. The van der Waals surface area contributed by atoms with Crippen molar-refractivity contribution in [1.29, 1.82) is 0 Å². The van der Waals surface area contributed by atoms with E-state index in [1.165, 1.54) is 11.9 Å². The third kappa shape index (κ3) is 3.57. The predicted molar refractivity (Wildman–Crippen MR) is 119 cm³/mol. The van der Waals surface area contributed by atoms with E-state index in [1.54, 1.807) is 4.90 Å². The van der Waals surface area contributed by atoms with Crippen molar-refractivity contribution in [2.45, 2.75) is 77.7 Å². The smallest absolute Gasteiger partial charge is 0.233 e. The number of likely N-dealkylation sites (tertiary alicyclic amines) is 2. The normalized spacial score (nSPS) is 43.7. The van der Waals surface area contributed by atoms with E-state index >= 15 is 0 Å². The molecule has 9 atom stereocenters. The summed E-state index contributed by atoms with van der Waals surface area (Å²) >= 11 is 0. The number of hydrogen-bond donors (Lipinski definition) is 0. The maximum atomic E-state index is 13.4. The predicted octanol–water partition coefficient (Wildman–Crippen LogP) is 2.81. The van der Waals surface area contributed by atoms with Gasteiger partial charge in [-0.05, 0) is 69.6 Å². The Balaban J connectivity index is 1.25. The zero-order valence-electron chi connectivity index (χ0n) is 20.0. The van der Waals surface area contributed by atoms with Crippen molar-refractivity contribution in [3.8, 4) is 0 Å². The highest BCUT2D eigenvalue weighted by Gasteiger charge is 2.55. The average molecular weight is 457 g/mol. The summed E-state index contributed by atoms with van der Waals surface area (Å²) in [6, 6.07) is 0.00846. The molecule has 2 heterocycles. The Morgan fingerprint density at radius 3 is 1.76 bits per heavy atom. The summed E-state index contributed by atoms with van der Waals surface area (Å²) in [6.07, 6.45) is 6.16. The van der Waals surface area contributed by atoms with Gasteiger partial charge in [-0.1, -0.05) is 13.8 Å². The summed E-state index contributed by atoms with van der Waals surface area (Å²) in [5.74, 6) is -0.810. The van der Waals surface area contributed by atoms with Crippen LogP contribution in [-0.4, -0.2) is 52.3 Å². The van der Waals surface area contributed by atoms with E-state index in [2.05, 4.69) is 13.8 Å². The Labute approximate surface area is 195 Å². The molecular formula is C26H36N2O5. The average Bonchev–Trinajstić information content (AvgIpc) is 3.19. The zero-order chi connectivity index (χ0) is 23.6. The molecule has 5 fully saturated rings. The monoisotopic (exact) mass is 456 g/mol. The minimum absolute atomic E-state index is 0.00846. The van der Waals surface area contributed by atoms with Crippen LogP contribution in [0.25, 0.3) is 0 Å². The number of rotatable bonds is 3. The van der Waals surface area contributed by atoms with Crippen molar-refractivity contribution in [2.24, 2.45) is 47.3 Å². The lowest BCUT2D eigenvalue weighted by atomic mass is 9.67. The van der Waals surface area contributed by atoms with Crippen LogP contribution in [0.3, 0.4) is 0 Å². The van der Waals surface area contributed by atoms with Crippen molar-refractivity contribution >= 4 is 29.4 Å². The molecule has 7 nitrogen and oxygen atoms in total. The van der Waals surface area contributed by atoms with Crippen LogP contribution in [0, 0.1) is 47.3 Å². The first-order chi connectivity index (χ1) is 15.7. The molecule has 5 aliphatic rings. The third-order valence-corrected chi connectivity index (χ3v) is 9.85. The van der Waals surface area contributed by atoms with Crippen molar-refractivity contribution in [3.63, 3.8) is 0 Å². The number of amides is 4. The van der Waals surface area contributed by atoms with Gasteiger partial charge in [-0.25, -0.2) is 0 Å². The Morgan fingerprint density at radius 1 is 0.636 bits per heavy atom.